The van der Waals surface area contributed by atoms with Crippen LogP contribution in [0.4, 0.5) is 5.82 Å². The molecule has 0 aliphatic heterocycles. The standard InChI is InChI=1S/C26H34N4O3S/c1-2-19-17-21(20(19)11-15-27-18-24(31)29-23-10-7-14-28-30-23)33-25(32)26(22-9-8-16-34-22)12-5-3-4-6-13-26/h2,7-10,14,16,19-21,27H,1,3-6,11-13,15,17-18H2,(H,29,30,31)/t19?,20?,21-/m0/s1. The molecular formula is C26H34N4O3S. The highest BCUT2D eigenvalue weighted by Crippen LogP contribution is 2.45. The molecule has 1 amide bonds. The molecule has 2 aromatic rings. The van der Waals surface area contributed by atoms with Crippen LogP contribution in [0.15, 0.2) is 48.5 Å². The Hall–Kier alpha value is -2.58. The van der Waals surface area contributed by atoms with Gasteiger partial charge in [0.05, 0.1) is 6.54 Å². The van der Waals surface area contributed by atoms with Gasteiger partial charge in [0.2, 0.25) is 5.91 Å². The van der Waals surface area contributed by atoms with Gasteiger partial charge in [-0.25, -0.2) is 0 Å². The van der Waals surface area contributed by atoms with Crippen molar-refractivity contribution in [3.05, 3.63) is 53.4 Å². The molecule has 182 valence electrons. The average molecular weight is 483 g/mol. The number of allylic oxidation sites excluding steroid dienone is 1. The van der Waals surface area contributed by atoms with Gasteiger partial charge in [0.1, 0.15) is 11.5 Å². The Labute approximate surface area is 205 Å². The maximum atomic E-state index is 13.6. The summed E-state index contributed by atoms with van der Waals surface area (Å²) in [6.07, 6.45) is 11.3. The van der Waals surface area contributed by atoms with Crippen LogP contribution in [0, 0.1) is 11.8 Å². The minimum atomic E-state index is -0.495. The van der Waals surface area contributed by atoms with Gasteiger partial charge in [-0.1, -0.05) is 37.8 Å². The molecule has 2 heterocycles. The third kappa shape index (κ3) is 5.73. The van der Waals surface area contributed by atoms with Gasteiger partial charge in [0.25, 0.3) is 0 Å². The highest BCUT2D eigenvalue weighted by Gasteiger charge is 2.47. The first-order valence-electron chi connectivity index (χ1n) is 12.3. The molecule has 3 atom stereocenters. The molecular weight excluding hydrogens is 448 g/mol. The minimum Gasteiger partial charge on any atom is -0.461 e. The first-order chi connectivity index (χ1) is 16.6. The number of thiophene rings is 1. The number of carbonyl (C=O) groups is 2. The third-order valence-electron chi connectivity index (χ3n) is 7.21. The summed E-state index contributed by atoms with van der Waals surface area (Å²) in [5.41, 5.74) is -0.495. The average Bonchev–Trinajstić information content (AvgIpc) is 3.27. The van der Waals surface area contributed by atoms with E-state index in [1.54, 1.807) is 29.7 Å². The van der Waals surface area contributed by atoms with E-state index in [9.17, 15) is 9.59 Å². The van der Waals surface area contributed by atoms with Crippen LogP contribution in [-0.2, 0) is 19.7 Å². The molecule has 0 radical (unpaired) electrons. The number of nitrogens with zero attached hydrogens (tertiary/aromatic N) is 2. The number of amides is 1. The van der Waals surface area contributed by atoms with Gasteiger partial charge in [-0.05, 0) is 61.7 Å². The molecule has 0 aromatic carbocycles. The molecule has 34 heavy (non-hydrogen) atoms. The van der Waals surface area contributed by atoms with E-state index in [0.717, 1.165) is 43.4 Å². The van der Waals surface area contributed by atoms with E-state index in [1.807, 2.05) is 12.1 Å². The maximum absolute atomic E-state index is 13.6. The second kappa shape index (κ2) is 11.7. The lowest BCUT2D eigenvalue weighted by Gasteiger charge is -2.44. The predicted octanol–water partition coefficient (Wildman–Crippen LogP) is 4.48. The van der Waals surface area contributed by atoms with Crippen molar-refractivity contribution in [1.29, 1.82) is 0 Å². The van der Waals surface area contributed by atoms with Crippen molar-refractivity contribution in [2.45, 2.75) is 62.9 Å². The molecule has 8 heteroatoms. The van der Waals surface area contributed by atoms with Crippen molar-refractivity contribution in [3.8, 4) is 0 Å². The van der Waals surface area contributed by atoms with E-state index >= 15 is 0 Å². The zero-order chi connectivity index (χ0) is 23.8. The van der Waals surface area contributed by atoms with E-state index < -0.39 is 5.41 Å². The zero-order valence-corrected chi connectivity index (χ0v) is 20.4. The number of carbonyl (C=O) groups excluding carboxylic acids is 2. The van der Waals surface area contributed by atoms with Gasteiger partial charge >= 0.3 is 5.97 Å². The topological polar surface area (TPSA) is 93.2 Å². The molecule has 2 aliphatic carbocycles. The van der Waals surface area contributed by atoms with Crippen molar-refractivity contribution in [2.24, 2.45) is 11.8 Å². The van der Waals surface area contributed by atoms with Gasteiger partial charge < -0.3 is 15.4 Å². The minimum absolute atomic E-state index is 0.0503. The summed E-state index contributed by atoms with van der Waals surface area (Å²) in [5, 5.41) is 15.6. The number of anilines is 1. The van der Waals surface area contributed by atoms with E-state index in [0.29, 0.717) is 18.3 Å². The summed E-state index contributed by atoms with van der Waals surface area (Å²) in [5.74, 6) is 0.780. The molecule has 2 aliphatic rings. The highest BCUT2D eigenvalue weighted by molar-refractivity contribution is 7.10. The third-order valence-corrected chi connectivity index (χ3v) is 8.29. The molecule has 2 fully saturated rings. The summed E-state index contributed by atoms with van der Waals surface area (Å²) in [6.45, 7) is 4.82. The normalized spacial score (nSPS) is 23.8. The smallest absolute Gasteiger partial charge is 0.317 e. The molecule has 7 nitrogen and oxygen atoms in total. The maximum Gasteiger partial charge on any atom is 0.317 e. The van der Waals surface area contributed by atoms with E-state index in [1.165, 1.54) is 12.8 Å². The first-order valence-corrected chi connectivity index (χ1v) is 13.2. The van der Waals surface area contributed by atoms with Crippen LogP contribution in [0.1, 0.15) is 56.2 Å². The van der Waals surface area contributed by atoms with Crippen molar-refractivity contribution in [1.82, 2.24) is 15.5 Å². The summed E-state index contributed by atoms with van der Waals surface area (Å²) < 4.78 is 6.21. The number of hydrogen-bond acceptors (Lipinski definition) is 7. The Morgan fingerprint density at radius 1 is 1.21 bits per heavy atom. The van der Waals surface area contributed by atoms with Crippen LogP contribution in [0.3, 0.4) is 0 Å². The van der Waals surface area contributed by atoms with Crippen molar-refractivity contribution < 1.29 is 14.3 Å². The number of esters is 1. The second-order valence-electron chi connectivity index (χ2n) is 9.34. The second-order valence-corrected chi connectivity index (χ2v) is 10.3. The van der Waals surface area contributed by atoms with Gasteiger partial charge in [0.15, 0.2) is 5.82 Å². The molecule has 2 aromatic heterocycles. The van der Waals surface area contributed by atoms with E-state index in [-0.39, 0.29) is 30.4 Å². The van der Waals surface area contributed by atoms with Crippen LogP contribution in [0.2, 0.25) is 0 Å². The molecule has 2 saturated carbocycles. The summed E-state index contributed by atoms with van der Waals surface area (Å²) in [4.78, 5) is 26.8. The fourth-order valence-electron chi connectivity index (χ4n) is 5.21. The van der Waals surface area contributed by atoms with Gasteiger partial charge in [-0.3, -0.25) is 9.59 Å². The van der Waals surface area contributed by atoms with Gasteiger partial charge in [-0.2, -0.15) is 5.10 Å². The van der Waals surface area contributed by atoms with Crippen molar-refractivity contribution in [3.63, 3.8) is 0 Å². The Balaban J connectivity index is 1.30. The van der Waals surface area contributed by atoms with Crippen LogP contribution in [0.25, 0.3) is 0 Å². The summed E-state index contributed by atoms with van der Waals surface area (Å²) in [7, 11) is 0. The first kappa shape index (κ1) is 24.5. The lowest BCUT2D eigenvalue weighted by Crippen LogP contribution is -2.48. The van der Waals surface area contributed by atoms with Crippen molar-refractivity contribution >= 4 is 29.0 Å². The Morgan fingerprint density at radius 2 is 2.03 bits per heavy atom. The Kier molecular flexibility index (Phi) is 8.45. The number of nitrogens with one attached hydrogen (secondary N) is 2. The number of rotatable bonds is 10. The molecule has 4 rings (SSSR count). The molecule has 0 saturated heterocycles. The van der Waals surface area contributed by atoms with E-state index in [2.05, 4.69) is 38.9 Å². The Morgan fingerprint density at radius 3 is 2.71 bits per heavy atom. The molecule has 0 spiro atoms. The SMILES string of the molecule is C=CC1C[C@H](OC(=O)C2(c3cccs3)CCCCCC2)C1CCNCC(=O)Nc1cccnn1. The Bertz CT molecular complexity index is 942. The molecule has 2 N–H and O–H groups in total. The monoisotopic (exact) mass is 482 g/mol. The zero-order valence-electron chi connectivity index (χ0n) is 19.6. The lowest BCUT2D eigenvalue weighted by molar-refractivity contribution is -0.169. The molecule has 2 unspecified atom stereocenters. The lowest BCUT2D eigenvalue weighted by atomic mass is 9.69. The van der Waals surface area contributed by atoms with Crippen LogP contribution in [-0.4, -0.2) is 41.3 Å². The van der Waals surface area contributed by atoms with Crippen LogP contribution >= 0.6 is 11.3 Å². The van der Waals surface area contributed by atoms with E-state index in [4.69, 9.17) is 4.74 Å². The number of ether oxygens (including phenoxy) is 1. The van der Waals surface area contributed by atoms with Gasteiger partial charge in [-0.15, -0.1) is 23.0 Å². The fourth-order valence-corrected chi connectivity index (χ4v) is 6.19. The highest BCUT2D eigenvalue weighted by atomic mass is 32.1. The number of hydrogen-bond donors (Lipinski definition) is 2. The summed E-state index contributed by atoms with van der Waals surface area (Å²) >= 11 is 1.67. The van der Waals surface area contributed by atoms with Gasteiger partial charge in [0, 0.05) is 17.0 Å². The quantitative estimate of drug-likeness (QED) is 0.224. The molecule has 0 bridgehead atoms. The predicted molar refractivity (Wildman–Crippen MR) is 134 cm³/mol. The summed E-state index contributed by atoms with van der Waals surface area (Å²) in [6, 6.07) is 7.55. The largest absolute Gasteiger partial charge is 0.461 e. The van der Waals surface area contributed by atoms with Crippen LogP contribution in [0.5, 0.6) is 0 Å². The fraction of sp³-hybridized carbons (Fsp3) is 0.538. The number of aromatic nitrogens is 2. The van der Waals surface area contributed by atoms with Crippen molar-refractivity contribution in [2.75, 3.05) is 18.4 Å². The van der Waals surface area contributed by atoms with Crippen LogP contribution < -0.4 is 10.6 Å².